The molecule has 96 valence electrons. The first kappa shape index (κ1) is 15.4. The first-order valence-electron chi connectivity index (χ1n) is 5.81. The summed E-state index contributed by atoms with van der Waals surface area (Å²) < 4.78 is 10.3. The highest BCUT2D eigenvalue weighted by atomic mass is 16.5. The fraction of sp³-hybridized carbons (Fsp3) is 0.917. The van der Waals surface area contributed by atoms with Crippen molar-refractivity contribution in [1.82, 2.24) is 0 Å². The second-order valence-electron chi connectivity index (χ2n) is 4.79. The molecule has 4 nitrogen and oxygen atoms in total. The van der Waals surface area contributed by atoms with Gasteiger partial charge in [0.05, 0.1) is 12.2 Å². The van der Waals surface area contributed by atoms with Crippen LogP contribution < -0.4 is 5.73 Å². The Labute approximate surface area is 98.5 Å². The van der Waals surface area contributed by atoms with Crippen LogP contribution in [0.2, 0.25) is 0 Å². The summed E-state index contributed by atoms with van der Waals surface area (Å²) in [5.74, 6) is -0.163. The maximum atomic E-state index is 11.5. The quantitative estimate of drug-likeness (QED) is 0.678. The van der Waals surface area contributed by atoms with Crippen molar-refractivity contribution in [3.8, 4) is 0 Å². The Balaban J connectivity index is 3.90. The molecule has 2 unspecified atom stereocenters. The number of esters is 1. The van der Waals surface area contributed by atoms with Crippen LogP contribution in [0.4, 0.5) is 0 Å². The van der Waals surface area contributed by atoms with Crippen molar-refractivity contribution in [3.63, 3.8) is 0 Å². The van der Waals surface area contributed by atoms with Crippen molar-refractivity contribution in [2.45, 2.75) is 52.2 Å². The van der Waals surface area contributed by atoms with Gasteiger partial charge in [0.25, 0.3) is 0 Å². The minimum Gasteiger partial charge on any atom is -0.464 e. The molecule has 0 spiro atoms. The Morgan fingerprint density at radius 3 is 2.44 bits per heavy atom. The van der Waals surface area contributed by atoms with Gasteiger partial charge >= 0.3 is 5.97 Å². The van der Waals surface area contributed by atoms with E-state index in [0.717, 1.165) is 6.42 Å². The normalized spacial score (nSPS) is 15.6. The topological polar surface area (TPSA) is 61.6 Å². The third-order valence-corrected chi connectivity index (χ3v) is 3.03. The van der Waals surface area contributed by atoms with E-state index in [1.54, 1.807) is 7.11 Å². The van der Waals surface area contributed by atoms with Gasteiger partial charge in [-0.3, -0.25) is 4.79 Å². The molecule has 0 aliphatic heterocycles. The number of nitrogens with two attached hydrogens (primary N) is 1. The largest absolute Gasteiger partial charge is 0.464 e. The van der Waals surface area contributed by atoms with Crippen LogP contribution in [0.3, 0.4) is 0 Å². The van der Waals surface area contributed by atoms with Crippen LogP contribution >= 0.6 is 0 Å². The van der Waals surface area contributed by atoms with E-state index in [9.17, 15) is 4.79 Å². The molecule has 0 amide bonds. The monoisotopic (exact) mass is 231 g/mol. The van der Waals surface area contributed by atoms with Crippen LogP contribution in [0.25, 0.3) is 0 Å². The summed E-state index contributed by atoms with van der Waals surface area (Å²) in [6.07, 6.45) is 1.54. The molecule has 0 fully saturated rings. The Hall–Kier alpha value is -0.610. The zero-order valence-corrected chi connectivity index (χ0v) is 11.1. The van der Waals surface area contributed by atoms with Gasteiger partial charge in [-0.25, -0.2) is 0 Å². The average Bonchev–Trinajstić information content (AvgIpc) is 2.26. The van der Waals surface area contributed by atoms with Gasteiger partial charge in [0, 0.05) is 13.5 Å². The van der Waals surface area contributed by atoms with E-state index >= 15 is 0 Å². The molecule has 0 aromatic heterocycles. The van der Waals surface area contributed by atoms with Crippen molar-refractivity contribution in [3.05, 3.63) is 0 Å². The van der Waals surface area contributed by atoms with Gasteiger partial charge in [0.1, 0.15) is 6.04 Å². The molecule has 0 aliphatic carbocycles. The number of rotatable bonds is 7. The Bertz CT molecular complexity index is 216. The highest BCUT2D eigenvalue weighted by Crippen LogP contribution is 2.13. The second-order valence-corrected chi connectivity index (χ2v) is 4.79. The third kappa shape index (κ3) is 5.47. The predicted molar refractivity (Wildman–Crippen MR) is 64.1 cm³/mol. The van der Waals surface area contributed by atoms with E-state index in [1.165, 1.54) is 0 Å². The lowest BCUT2D eigenvalue weighted by atomic mass is 10.0. The summed E-state index contributed by atoms with van der Waals surface area (Å²) in [7, 11) is 1.65. The van der Waals surface area contributed by atoms with E-state index in [4.69, 9.17) is 15.2 Å². The molecule has 0 radical (unpaired) electrons. The molecule has 4 heteroatoms. The van der Waals surface area contributed by atoms with Crippen LogP contribution in [0, 0.1) is 5.92 Å². The van der Waals surface area contributed by atoms with Gasteiger partial charge in [-0.2, -0.15) is 0 Å². The number of carbonyl (C=O) groups excluding carboxylic acids is 1. The number of ether oxygens (including phenoxy) is 2. The summed E-state index contributed by atoms with van der Waals surface area (Å²) in [5, 5.41) is 0. The average molecular weight is 231 g/mol. The van der Waals surface area contributed by atoms with Crippen LogP contribution in [0.15, 0.2) is 0 Å². The fourth-order valence-electron chi connectivity index (χ4n) is 1.08. The molecule has 0 bridgehead atoms. The fourth-order valence-corrected chi connectivity index (χ4v) is 1.08. The molecule has 2 N–H and O–H groups in total. The molecule has 16 heavy (non-hydrogen) atoms. The van der Waals surface area contributed by atoms with E-state index in [-0.39, 0.29) is 17.5 Å². The molecule has 0 saturated heterocycles. The Morgan fingerprint density at radius 2 is 2.00 bits per heavy atom. The highest BCUT2D eigenvalue weighted by molar-refractivity contribution is 5.75. The molecular weight excluding hydrogens is 206 g/mol. The lowest BCUT2D eigenvalue weighted by Crippen LogP contribution is -2.38. The number of carbonyl (C=O) groups is 1. The first-order valence-corrected chi connectivity index (χ1v) is 5.81. The molecule has 0 heterocycles. The van der Waals surface area contributed by atoms with Crippen molar-refractivity contribution < 1.29 is 14.3 Å². The third-order valence-electron chi connectivity index (χ3n) is 3.03. The minimum atomic E-state index is -0.518. The summed E-state index contributed by atoms with van der Waals surface area (Å²) in [6.45, 7) is 8.21. The van der Waals surface area contributed by atoms with Gasteiger partial charge < -0.3 is 15.2 Å². The predicted octanol–water partition coefficient (Wildman–Crippen LogP) is 1.72. The molecule has 0 aliphatic rings. The standard InChI is InChI=1S/C12H25NO3/c1-6-9(2)10(13)11(14)16-8-7-12(3,4)15-5/h9-10H,6-8,13H2,1-5H3. The van der Waals surface area contributed by atoms with Crippen molar-refractivity contribution in [2.75, 3.05) is 13.7 Å². The van der Waals surface area contributed by atoms with Gasteiger partial charge in [-0.15, -0.1) is 0 Å². The number of methoxy groups -OCH3 is 1. The summed E-state index contributed by atoms with van der Waals surface area (Å²) in [5.41, 5.74) is 5.48. The van der Waals surface area contributed by atoms with Crippen molar-refractivity contribution >= 4 is 5.97 Å². The van der Waals surface area contributed by atoms with Gasteiger partial charge in [-0.1, -0.05) is 20.3 Å². The lowest BCUT2D eigenvalue weighted by molar-refractivity contribution is -0.148. The Morgan fingerprint density at radius 1 is 1.44 bits per heavy atom. The highest BCUT2D eigenvalue weighted by Gasteiger charge is 2.22. The van der Waals surface area contributed by atoms with Gasteiger partial charge in [-0.05, 0) is 19.8 Å². The van der Waals surface area contributed by atoms with E-state index in [1.807, 2.05) is 27.7 Å². The lowest BCUT2D eigenvalue weighted by Gasteiger charge is -2.23. The molecule has 0 rings (SSSR count). The zero-order valence-electron chi connectivity index (χ0n) is 11.1. The maximum Gasteiger partial charge on any atom is 0.323 e. The second kappa shape index (κ2) is 6.86. The SMILES string of the molecule is CCC(C)C(N)C(=O)OCCC(C)(C)OC. The molecular formula is C12H25NO3. The van der Waals surface area contributed by atoms with E-state index in [2.05, 4.69) is 0 Å². The summed E-state index contributed by atoms with van der Waals surface area (Å²) in [4.78, 5) is 11.5. The van der Waals surface area contributed by atoms with Crippen LogP contribution in [0.5, 0.6) is 0 Å². The molecule has 0 aromatic rings. The Kier molecular flexibility index (Phi) is 6.60. The molecule has 2 atom stereocenters. The maximum absolute atomic E-state index is 11.5. The van der Waals surface area contributed by atoms with E-state index < -0.39 is 6.04 Å². The zero-order chi connectivity index (χ0) is 12.8. The summed E-state index contributed by atoms with van der Waals surface area (Å²) in [6, 6.07) is -0.518. The van der Waals surface area contributed by atoms with Gasteiger partial charge in [0.2, 0.25) is 0 Å². The number of hydrogen-bond donors (Lipinski definition) is 1. The molecule has 0 aromatic carbocycles. The van der Waals surface area contributed by atoms with Crippen molar-refractivity contribution in [1.29, 1.82) is 0 Å². The van der Waals surface area contributed by atoms with Crippen LogP contribution in [0.1, 0.15) is 40.5 Å². The van der Waals surface area contributed by atoms with Crippen molar-refractivity contribution in [2.24, 2.45) is 11.7 Å². The van der Waals surface area contributed by atoms with Crippen LogP contribution in [-0.2, 0) is 14.3 Å². The van der Waals surface area contributed by atoms with Gasteiger partial charge in [0.15, 0.2) is 0 Å². The van der Waals surface area contributed by atoms with E-state index in [0.29, 0.717) is 13.0 Å². The smallest absolute Gasteiger partial charge is 0.323 e. The first-order chi connectivity index (χ1) is 7.34. The summed E-state index contributed by atoms with van der Waals surface area (Å²) >= 11 is 0. The minimum absolute atomic E-state index is 0.155. The molecule has 0 saturated carbocycles. The van der Waals surface area contributed by atoms with Crippen LogP contribution in [-0.4, -0.2) is 31.3 Å². The number of hydrogen-bond acceptors (Lipinski definition) is 4.